The summed E-state index contributed by atoms with van der Waals surface area (Å²) in [5.74, 6) is -1.33. The summed E-state index contributed by atoms with van der Waals surface area (Å²) in [5, 5.41) is 10.0. The lowest BCUT2D eigenvalue weighted by atomic mass is 10.3. The van der Waals surface area contributed by atoms with Gasteiger partial charge >= 0.3 is 0 Å². The van der Waals surface area contributed by atoms with Crippen LogP contribution in [0, 0.1) is 11.6 Å². The molecule has 25 heavy (non-hydrogen) atoms. The Morgan fingerprint density at radius 1 is 1.12 bits per heavy atom. The van der Waals surface area contributed by atoms with E-state index in [4.69, 9.17) is 0 Å². The second-order valence-electron chi connectivity index (χ2n) is 5.16. The lowest BCUT2D eigenvalue weighted by Gasteiger charge is -2.13. The van der Waals surface area contributed by atoms with Crippen LogP contribution in [0.5, 0.6) is 0 Å². The molecule has 3 rings (SSSR count). The molecule has 1 heterocycles. The zero-order valence-electron chi connectivity index (χ0n) is 13.2. The molecule has 0 spiro atoms. The van der Waals surface area contributed by atoms with E-state index < -0.39 is 22.8 Å². The largest absolute Gasteiger partial charge is 0.323 e. The van der Waals surface area contributed by atoms with Gasteiger partial charge in [0.05, 0.1) is 16.6 Å². The number of halogens is 2. The zero-order valence-corrected chi connectivity index (χ0v) is 14.0. The van der Waals surface area contributed by atoms with Gasteiger partial charge in [0.1, 0.15) is 18.0 Å². The molecule has 0 saturated carbocycles. The van der Waals surface area contributed by atoms with E-state index in [-0.39, 0.29) is 11.4 Å². The van der Waals surface area contributed by atoms with Gasteiger partial charge in [-0.1, -0.05) is 36.0 Å². The number of hydrogen-bond acceptors (Lipinski definition) is 4. The van der Waals surface area contributed by atoms with Gasteiger partial charge in [0, 0.05) is 0 Å². The van der Waals surface area contributed by atoms with Crippen molar-refractivity contribution >= 4 is 23.4 Å². The number of carbonyl (C=O) groups is 1. The molecule has 2 aromatic carbocycles. The fourth-order valence-corrected chi connectivity index (χ4v) is 2.96. The Balaban J connectivity index is 1.75. The van der Waals surface area contributed by atoms with Gasteiger partial charge in [-0.3, -0.25) is 9.36 Å². The summed E-state index contributed by atoms with van der Waals surface area (Å²) >= 11 is 1.10. The van der Waals surface area contributed by atoms with Crippen molar-refractivity contribution in [2.24, 2.45) is 0 Å². The number of nitrogens with zero attached hydrogens (tertiary/aromatic N) is 3. The molecule has 8 heteroatoms. The summed E-state index contributed by atoms with van der Waals surface area (Å²) in [4.78, 5) is 12.3. The van der Waals surface area contributed by atoms with Crippen molar-refractivity contribution in [2.75, 3.05) is 5.32 Å². The zero-order chi connectivity index (χ0) is 17.8. The predicted octanol–water partition coefficient (Wildman–Crippen LogP) is 3.66. The minimum atomic E-state index is -0.589. The van der Waals surface area contributed by atoms with Crippen LogP contribution in [0.4, 0.5) is 14.5 Å². The number of anilines is 1. The van der Waals surface area contributed by atoms with Crippen LogP contribution in [0.2, 0.25) is 0 Å². The highest BCUT2D eigenvalue weighted by Gasteiger charge is 2.20. The topological polar surface area (TPSA) is 59.8 Å². The van der Waals surface area contributed by atoms with E-state index in [2.05, 4.69) is 15.5 Å². The Labute approximate surface area is 147 Å². The highest BCUT2D eigenvalue weighted by atomic mass is 32.2. The fraction of sp³-hybridized carbons (Fsp3) is 0.118. The fourth-order valence-electron chi connectivity index (χ4n) is 2.13. The van der Waals surface area contributed by atoms with Crippen molar-refractivity contribution in [2.45, 2.75) is 17.3 Å². The van der Waals surface area contributed by atoms with Crippen LogP contribution < -0.4 is 5.32 Å². The van der Waals surface area contributed by atoms with Crippen LogP contribution in [-0.2, 0) is 4.79 Å². The third-order valence-corrected chi connectivity index (χ3v) is 4.47. The number of carbonyl (C=O) groups excluding carboxylic acids is 1. The minimum Gasteiger partial charge on any atom is -0.323 e. The highest BCUT2D eigenvalue weighted by Crippen LogP contribution is 2.26. The first-order valence-electron chi connectivity index (χ1n) is 7.43. The summed E-state index contributed by atoms with van der Waals surface area (Å²) in [6, 6.07) is 12.1. The van der Waals surface area contributed by atoms with E-state index in [0.717, 1.165) is 11.8 Å². The third-order valence-electron chi connectivity index (χ3n) is 3.41. The molecule has 0 saturated heterocycles. The molecule has 1 atom stereocenters. The van der Waals surface area contributed by atoms with Crippen LogP contribution in [0.25, 0.3) is 5.69 Å². The lowest BCUT2D eigenvalue weighted by molar-refractivity contribution is -0.115. The number of thioether (sulfide) groups is 1. The molecule has 0 bridgehead atoms. The van der Waals surface area contributed by atoms with E-state index in [1.54, 1.807) is 37.3 Å². The van der Waals surface area contributed by atoms with Crippen LogP contribution >= 0.6 is 11.8 Å². The highest BCUT2D eigenvalue weighted by molar-refractivity contribution is 8.00. The number of hydrogen-bond donors (Lipinski definition) is 1. The average molecular weight is 360 g/mol. The third kappa shape index (κ3) is 3.85. The van der Waals surface area contributed by atoms with Gasteiger partial charge in [0.15, 0.2) is 5.16 Å². The number of amides is 1. The molecule has 0 aliphatic heterocycles. The number of nitrogens with one attached hydrogen (secondary N) is 1. The molecule has 0 aliphatic carbocycles. The van der Waals surface area contributed by atoms with Crippen molar-refractivity contribution < 1.29 is 13.6 Å². The number of benzene rings is 2. The maximum absolute atomic E-state index is 14.0. The first-order chi connectivity index (χ1) is 12.1. The maximum Gasteiger partial charge on any atom is 0.237 e. The van der Waals surface area contributed by atoms with Crippen LogP contribution in [0.3, 0.4) is 0 Å². The molecule has 0 aliphatic rings. The Morgan fingerprint density at radius 2 is 1.80 bits per heavy atom. The molecular formula is C17H14F2N4OS. The Morgan fingerprint density at radius 3 is 2.52 bits per heavy atom. The van der Waals surface area contributed by atoms with Crippen LogP contribution in [0.15, 0.2) is 60.0 Å². The van der Waals surface area contributed by atoms with Crippen molar-refractivity contribution in [3.05, 3.63) is 66.5 Å². The monoisotopic (exact) mass is 360 g/mol. The predicted molar refractivity (Wildman–Crippen MR) is 91.7 cm³/mol. The van der Waals surface area contributed by atoms with Gasteiger partial charge in [-0.15, -0.1) is 10.2 Å². The first-order valence-corrected chi connectivity index (χ1v) is 8.31. The second-order valence-corrected chi connectivity index (χ2v) is 6.47. The van der Waals surface area contributed by atoms with E-state index in [1.165, 1.54) is 29.1 Å². The lowest BCUT2D eigenvalue weighted by Crippen LogP contribution is -2.23. The minimum absolute atomic E-state index is 0.107. The molecule has 1 N–H and O–H groups in total. The van der Waals surface area contributed by atoms with Crippen molar-refractivity contribution in [3.63, 3.8) is 0 Å². The Bertz CT molecular complexity index is 900. The Hall–Kier alpha value is -2.74. The van der Waals surface area contributed by atoms with Crippen LogP contribution in [-0.4, -0.2) is 25.9 Å². The second kappa shape index (κ2) is 7.43. The molecule has 128 valence electrons. The van der Waals surface area contributed by atoms with Crippen molar-refractivity contribution in [1.82, 2.24) is 14.8 Å². The summed E-state index contributed by atoms with van der Waals surface area (Å²) in [6.45, 7) is 1.65. The Kier molecular flexibility index (Phi) is 5.08. The molecule has 3 aromatic rings. The number of aromatic nitrogens is 3. The molecule has 1 aromatic heterocycles. The van der Waals surface area contributed by atoms with E-state index >= 15 is 0 Å². The van der Waals surface area contributed by atoms with E-state index in [1.807, 2.05) is 0 Å². The summed E-state index contributed by atoms with van der Waals surface area (Å²) in [7, 11) is 0. The van der Waals surface area contributed by atoms with Crippen molar-refractivity contribution in [3.8, 4) is 5.69 Å². The first kappa shape index (κ1) is 17.1. The SMILES string of the molecule is C[C@H](Sc1nncn1-c1ccccc1F)C(=O)Nc1ccccc1F. The summed E-state index contributed by atoms with van der Waals surface area (Å²) < 4.78 is 29.1. The molecule has 5 nitrogen and oxygen atoms in total. The van der Waals surface area contributed by atoms with Gasteiger partial charge in [-0.25, -0.2) is 8.78 Å². The van der Waals surface area contributed by atoms with E-state index in [0.29, 0.717) is 5.16 Å². The molecule has 1 amide bonds. The molecule has 0 unspecified atom stereocenters. The van der Waals surface area contributed by atoms with Crippen molar-refractivity contribution in [1.29, 1.82) is 0 Å². The normalized spacial score (nSPS) is 12.0. The van der Waals surface area contributed by atoms with Gasteiger partial charge < -0.3 is 5.32 Å². The molecule has 0 fully saturated rings. The van der Waals surface area contributed by atoms with E-state index in [9.17, 15) is 13.6 Å². The van der Waals surface area contributed by atoms with Gasteiger partial charge in [0.2, 0.25) is 5.91 Å². The smallest absolute Gasteiger partial charge is 0.237 e. The summed E-state index contributed by atoms with van der Waals surface area (Å²) in [5.41, 5.74) is 0.396. The van der Waals surface area contributed by atoms with Crippen LogP contribution in [0.1, 0.15) is 6.92 Å². The van der Waals surface area contributed by atoms with Gasteiger partial charge in [0.25, 0.3) is 0 Å². The standard InChI is InChI=1S/C17H14F2N4OS/c1-11(16(24)21-14-8-4-2-6-12(14)18)25-17-22-20-10-23(17)15-9-5-3-7-13(15)19/h2-11H,1H3,(H,21,24)/t11-/m0/s1. The quantitative estimate of drug-likeness (QED) is 0.706. The summed E-state index contributed by atoms with van der Waals surface area (Å²) in [6.07, 6.45) is 1.38. The number of para-hydroxylation sites is 2. The van der Waals surface area contributed by atoms with Gasteiger partial charge in [-0.05, 0) is 31.2 Å². The maximum atomic E-state index is 14.0. The van der Waals surface area contributed by atoms with Gasteiger partial charge in [-0.2, -0.15) is 0 Å². The average Bonchev–Trinajstić information content (AvgIpc) is 3.05. The number of rotatable bonds is 5. The molecular weight excluding hydrogens is 346 g/mol. The molecule has 0 radical (unpaired) electrons.